The Morgan fingerprint density at radius 3 is 2.00 bits per heavy atom. The van der Waals surface area contributed by atoms with Crippen molar-refractivity contribution >= 4 is 11.9 Å². The predicted molar refractivity (Wildman–Crippen MR) is 70.7 cm³/mol. The molecule has 6 nitrogen and oxygen atoms in total. The Hall–Kier alpha value is -2.76. The van der Waals surface area contributed by atoms with Gasteiger partial charge in [-0.05, 0) is 26.0 Å². The first-order valence-corrected chi connectivity index (χ1v) is 5.54. The van der Waals surface area contributed by atoms with Gasteiger partial charge < -0.3 is 19.7 Å². The summed E-state index contributed by atoms with van der Waals surface area (Å²) in [6.45, 7) is 9.60. The van der Waals surface area contributed by atoms with Crippen LogP contribution in [0.1, 0.15) is 13.8 Å². The number of ether oxygens (including phenoxy) is 2. The lowest BCUT2D eigenvalue weighted by Crippen LogP contribution is -2.10. The fourth-order valence-corrected chi connectivity index (χ4v) is 1.09. The van der Waals surface area contributed by atoms with Gasteiger partial charge in [-0.3, -0.25) is 0 Å². The fourth-order valence-electron chi connectivity index (χ4n) is 1.09. The van der Waals surface area contributed by atoms with Gasteiger partial charge in [0, 0.05) is 11.1 Å². The number of phenols is 2. The first kappa shape index (κ1) is 15.3. The number of aromatic hydroxyl groups is 2. The molecule has 0 unspecified atom stereocenters. The third kappa shape index (κ3) is 3.38. The molecule has 0 fully saturated rings. The van der Waals surface area contributed by atoms with Gasteiger partial charge in [0.05, 0.1) is 0 Å². The summed E-state index contributed by atoms with van der Waals surface area (Å²) in [5, 5.41) is 19.4. The standard InChI is InChI=1S/C14H14O6/c1-7(2)13(17)19-10-6-5-9(15)12(11(10)16)20-14(18)8(3)4/h5-6,15-16H,1,3H2,2,4H3. The second-order valence-corrected chi connectivity index (χ2v) is 4.10. The molecule has 0 amide bonds. The van der Waals surface area contributed by atoms with Crippen LogP contribution in [0.5, 0.6) is 23.0 Å². The summed E-state index contributed by atoms with van der Waals surface area (Å²) in [6, 6.07) is 2.27. The van der Waals surface area contributed by atoms with E-state index in [2.05, 4.69) is 13.2 Å². The molecule has 0 aromatic heterocycles. The van der Waals surface area contributed by atoms with E-state index in [9.17, 15) is 19.8 Å². The van der Waals surface area contributed by atoms with E-state index >= 15 is 0 Å². The molecule has 0 atom stereocenters. The summed E-state index contributed by atoms with van der Waals surface area (Å²) in [5.74, 6) is -3.52. The summed E-state index contributed by atoms with van der Waals surface area (Å²) in [7, 11) is 0. The first-order chi connectivity index (χ1) is 9.23. The Bertz CT molecular complexity index is 600. The number of hydrogen-bond donors (Lipinski definition) is 2. The molecule has 1 rings (SSSR count). The molecule has 0 heterocycles. The lowest BCUT2D eigenvalue weighted by Gasteiger charge is -2.11. The van der Waals surface area contributed by atoms with Gasteiger partial charge in [0.15, 0.2) is 11.5 Å². The molecule has 20 heavy (non-hydrogen) atoms. The molecule has 6 heteroatoms. The van der Waals surface area contributed by atoms with Gasteiger partial charge in [-0.1, -0.05) is 13.2 Å². The van der Waals surface area contributed by atoms with Crippen molar-refractivity contribution in [1.82, 2.24) is 0 Å². The largest absolute Gasteiger partial charge is 0.504 e. The Morgan fingerprint density at radius 2 is 1.50 bits per heavy atom. The van der Waals surface area contributed by atoms with Crippen LogP contribution in [-0.2, 0) is 9.59 Å². The second kappa shape index (κ2) is 5.92. The molecule has 1 aromatic rings. The smallest absolute Gasteiger partial charge is 0.338 e. The van der Waals surface area contributed by atoms with Gasteiger partial charge in [-0.15, -0.1) is 0 Å². The third-order valence-corrected chi connectivity index (χ3v) is 2.17. The molecule has 0 aliphatic rings. The molecule has 0 saturated carbocycles. The number of rotatable bonds is 4. The molecule has 0 radical (unpaired) electrons. The summed E-state index contributed by atoms with van der Waals surface area (Å²) >= 11 is 0. The molecule has 2 N–H and O–H groups in total. The summed E-state index contributed by atoms with van der Waals surface area (Å²) in [6.07, 6.45) is 0. The van der Waals surface area contributed by atoms with E-state index in [4.69, 9.17) is 9.47 Å². The van der Waals surface area contributed by atoms with E-state index in [1.165, 1.54) is 13.8 Å². The van der Waals surface area contributed by atoms with Gasteiger partial charge in [0.1, 0.15) is 0 Å². The Labute approximate surface area is 115 Å². The molecule has 1 aromatic carbocycles. The molecular weight excluding hydrogens is 264 g/mol. The average Bonchev–Trinajstić information content (AvgIpc) is 2.37. The normalized spacial score (nSPS) is 9.70. The van der Waals surface area contributed by atoms with Crippen LogP contribution in [-0.4, -0.2) is 22.2 Å². The molecule has 0 bridgehead atoms. The number of benzene rings is 1. The van der Waals surface area contributed by atoms with E-state index in [1.54, 1.807) is 0 Å². The van der Waals surface area contributed by atoms with E-state index in [0.717, 1.165) is 12.1 Å². The first-order valence-electron chi connectivity index (χ1n) is 5.54. The van der Waals surface area contributed by atoms with Gasteiger partial charge in [-0.25, -0.2) is 9.59 Å². The van der Waals surface area contributed by atoms with E-state index in [-0.39, 0.29) is 16.9 Å². The van der Waals surface area contributed by atoms with E-state index in [0.29, 0.717) is 0 Å². The Kier molecular flexibility index (Phi) is 4.53. The number of hydrogen-bond acceptors (Lipinski definition) is 6. The maximum absolute atomic E-state index is 11.4. The maximum Gasteiger partial charge on any atom is 0.338 e. The fraction of sp³-hybridized carbons (Fsp3) is 0.143. The van der Waals surface area contributed by atoms with Crippen molar-refractivity contribution in [2.75, 3.05) is 0 Å². The summed E-state index contributed by atoms with van der Waals surface area (Å²) < 4.78 is 9.60. The minimum Gasteiger partial charge on any atom is -0.504 e. The van der Waals surface area contributed by atoms with Crippen LogP contribution >= 0.6 is 0 Å². The van der Waals surface area contributed by atoms with Crippen molar-refractivity contribution < 1.29 is 29.3 Å². The highest BCUT2D eigenvalue weighted by atomic mass is 16.6. The maximum atomic E-state index is 11.4. The third-order valence-electron chi connectivity index (χ3n) is 2.17. The van der Waals surface area contributed by atoms with Crippen molar-refractivity contribution in [2.24, 2.45) is 0 Å². The van der Waals surface area contributed by atoms with Gasteiger partial charge in [0.2, 0.25) is 11.5 Å². The van der Waals surface area contributed by atoms with Crippen molar-refractivity contribution in [2.45, 2.75) is 13.8 Å². The molecule has 0 saturated heterocycles. The van der Waals surface area contributed by atoms with Crippen molar-refractivity contribution in [3.63, 3.8) is 0 Å². The molecular formula is C14H14O6. The molecule has 0 aliphatic heterocycles. The topological polar surface area (TPSA) is 93.1 Å². The monoisotopic (exact) mass is 278 g/mol. The van der Waals surface area contributed by atoms with Crippen LogP contribution in [0.15, 0.2) is 36.4 Å². The van der Waals surface area contributed by atoms with E-state index < -0.39 is 29.2 Å². The number of esters is 2. The van der Waals surface area contributed by atoms with Crippen LogP contribution < -0.4 is 9.47 Å². The van der Waals surface area contributed by atoms with Gasteiger partial charge >= 0.3 is 11.9 Å². The minimum atomic E-state index is -0.834. The highest BCUT2D eigenvalue weighted by molar-refractivity contribution is 5.91. The van der Waals surface area contributed by atoms with Crippen molar-refractivity contribution in [3.8, 4) is 23.0 Å². The molecule has 106 valence electrons. The van der Waals surface area contributed by atoms with Crippen LogP contribution in [0.3, 0.4) is 0 Å². The lowest BCUT2D eigenvalue weighted by molar-refractivity contribution is -0.130. The van der Waals surface area contributed by atoms with Crippen LogP contribution in [0.2, 0.25) is 0 Å². The van der Waals surface area contributed by atoms with Crippen LogP contribution in [0.4, 0.5) is 0 Å². The SMILES string of the molecule is C=C(C)C(=O)Oc1ccc(O)c(OC(=O)C(=C)C)c1O. The average molecular weight is 278 g/mol. The number of phenolic OH excluding ortho intramolecular Hbond substituents is 2. The molecule has 0 aliphatic carbocycles. The van der Waals surface area contributed by atoms with Crippen molar-refractivity contribution in [3.05, 3.63) is 36.4 Å². The second-order valence-electron chi connectivity index (χ2n) is 4.10. The zero-order valence-corrected chi connectivity index (χ0v) is 11.1. The number of carbonyl (C=O) groups excluding carboxylic acids is 2. The van der Waals surface area contributed by atoms with Crippen LogP contribution in [0, 0.1) is 0 Å². The van der Waals surface area contributed by atoms with Crippen LogP contribution in [0.25, 0.3) is 0 Å². The summed E-state index contributed by atoms with van der Waals surface area (Å²) in [4.78, 5) is 22.8. The lowest BCUT2D eigenvalue weighted by atomic mass is 10.2. The minimum absolute atomic E-state index is 0.0770. The quantitative estimate of drug-likeness (QED) is 0.497. The van der Waals surface area contributed by atoms with Gasteiger partial charge in [-0.2, -0.15) is 0 Å². The zero-order chi connectivity index (χ0) is 15.4. The Morgan fingerprint density at radius 1 is 1.00 bits per heavy atom. The summed E-state index contributed by atoms with van der Waals surface area (Å²) in [5.41, 5.74) is 0.200. The Balaban J connectivity index is 3.13. The van der Waals surface area contributed by atoms with E-state index in [1.807, 2.05) is 0 Å². The van der Waals surface area contributed by atoms with Crippen molar-refractivity contribution in [1.29, 1.82) is 0 Å². The highest BCUT2D eigenvalue weighted by Crippen LogP contribution is 2.43. The number of carbonyl (C=O) groups is 2. The molecule has 0 spiro atoms. The predicted octanol–water partition coefficient (Wildman–Crippen LogP) is 2.06. The zero-order valence-electron chi connectivity index (χ0n) is 11.1. The highest BCUT2D eigenvalue weighted by Gasteiger charge is 2.20. The van der Waals surface area contributed by atoms with Gasteiger partial charge in [0.25, 0.3) is 0 Å².